The molecule has 0 fully saturated rings. The summed E-state index contributed by atoms with van der Waals surface area (Å²) in [5, 5.41) is 12.9. The van der Waals surface area contributed by atoms with Gasteiger partial charge in [-0.25, -0.2) is 0 Å². The largest absolute Gasteiger partial charge is 0.508 e. The van der Waals surface area contributed by atoms with Crippen LogP contribution in [-0.4, -0.2) is 35.9 Å². The normalized spacial score (nSPS) is 10.8. The Morgan fingerprint density at radius 2 is 1.96 bits per heavy atom. The lowest BCUT2D eigenvalue weighted by molar-refractivity contribution is -0.147. The molecule has 0 aliphatic rings. The van der Waals surface area contributed by atoms with Gasteiger partial charge in [-0.15, -0.1) is 11.8 Å². The molecule has 1 amide bonds. The second kappa shape index (κ2) is 9.32. The van der Waals surface area contributed by atoms with Gasteiger partial charge in [-0.3, -0.25) is 9.59 Å². The SMILES string of the molecule is Cc1ccc(SCCNC(=O)COC(=O)Cc2coc3cc(O)ccc23)cc1. The predicted molar refractivity (Wildman–Crippen MR) is 107 cm³/mol. The lowest BCUT2D eigenvalue weighted by atomic mass is 10.1. The number of nitrogens with one attached hydrogen (secondary N) is 1. The molecule has 0 saturated carbocycles. The van der Waals surface area contributed by atoms with Gasteiger partial charge >= 0.3 is 5.97 Å². The number of carbonyl (C=O) groups is 2. The lowest BCUT2D eigenvalue weighted by Gasteiger charge is -2.06. The molecule has 1 aromatic heterocycles. The second-order valence-corrected chi connectivity index (χ2v) is 7.46. The summed E-state index contributed by atoms with van der Waals surface area (Å²) < 4.78 is 10.3. The number of ether oxygens (including phenoxy) is 1. The minimum absolute atomic E-state index is 0.00562. The predicted octanol–water partition coefficient (Wildman–Crippen LogP) is 3.44. The molecule has 0 spiro atoms. The molecule has 146 valence electrons. The summed E-state index contributed by atoms with van der Waals surface area (Å²) in [6, 6.07) is 12.9. The maximum absolute atomic E-state index is 12.0. The van der Waals surface area contributed by atoms with E-state index in [0.29, 0.717) is 17.7 Å². The maximum atomic E-state index is 12.0. The standard InChI is InChI=1S/C21H21NO5S/c1-14-2-5-17(6-3-14)28-9-8-22-20(24)13-27-21(25)10-15-12-26-19-11-16(23)4-7-18(15)19/h2-7,11-12,23H,8-10,13H2,1H3,(H,22,24). The van der Waals surface area contributed by atoms with E-state index in [1.807, 2.05) is 31.2 Å². The Balaban J connectivity index is 1.36. The summed E-state index contributed by atoms with van der Waals surface area (Å²) in [4.78, 5) is 24.9. The van der Waals surface area contributed by atoms with Crippen LogP contribution in [0.2, 0.25) is 0 Å². The average molecular weight is 399 g/mol. The molecule has 2 N–H and O–H groups in total. The van der Waals surface area contributed by atoms with Crippen LogP contribution < -0.4 is 5.32 Å². The van der Waals surface area contributed by atoms with Crippen LogP contribution in [0, 0.1) is 6.92 Å². The van der Waals surface area contributed by atoms with E-state index in [9.17, 15) is 14.7 Å². The van der Waals surface area contributed by atoms with Crippen molar-refractivity contribution in [1.82, 2.24) is 5.32 Å². The first kappa shape index (κ1) is 19.8. The van der Waals surface area contributed by atoms with Gasteiger partial charge in [-0.1, -0.05) is 17.7 Å². The number of aromatic hydroxyl groups is 1. The van der Waals surface area contributed by atoms with E-state index >= 15 is 0 Å². The minimum Gasteiger partial charge on any atom is -0.508 e. The Bertz CT molecular complexity index is 965. The van der Waals surface area contributed by atoms with Crippen molar-refractivity contribution in [3.05, 3.63) is 59.9 Å². The van der Waals surface area contributed by atoms with Gasteiger partial charge in [0, 0.05) is 34.2 Å². The number of esters is 1. The highest BCUT2D eigenvalue weighted by Gasteiger charge is 2.13. The van der Waals surface area contributed by atoms with Gasteiger partial charge in [0.15, 0.2) is 6.61 Å². The minimum atomic E-state index is -0.514. The fourth-order valence-corrected chi connectivity index (χ4v) is 3.37. The Kier molecular flexibility index (Phi) is 6.60. The fourth-order valence-electron chi connectivity index (χ4n) is 2.61. The van der Waals surface area contributed by atoms with Gasteiger partial charge in [-0.05, 0) is 31.2 Å². The van der Waals surface area contributed by atoms with Gasteiger partial charge in [0.1, 0.15) is 11.3 Å². The van der Waals surface area contributed by atoms with Gasteiger partial charge in [0.05, 0.1) is 12.7 Å². The molecule has 3 rings (SSSR count). The molecule has 2 aromatic carbocycles. The van der Waals surface area contributed by atoms with Crippen LogP contribution in [0.4, 0.5) is 0 Å². The monoisotopic (exact) mass is 399 g/mol. The number of phenolic OH excluding ortho intramolecular Hbond substituents is 1. The number of carbonyl (C=O) groups excluding carboxylic acids is 2. The number of rotatable bonds is 8. The molecule has 0 saturated heterocycles. The van der Waals surface area contributed by atoms with Crippen molar-refractivity contribution in [3.63, 3.8) is 0 Å². The van der Waals surface area contributed by atoms with E-state index in [1.165, 1.54) is 24.0 Å². The summed E-state index contributed by atoms with van der Waals surface area (Å²) in [5.74, 6) is -0.0238. The Morgan fingerprint density at radius 3 is 2.75 bits per heavy atom. The zero-order valence-electron chi connectivity index (χ0n) is 15.4. The molecule has 0 radical (unpaired) electrons. The quantitative estimate of drug-likeness (QED) is 0.343. The topological polar surface area (TPSA) is 88.8 Å². The van der Waals surface area contributed by atoms with Gasteiger partial charge in [0.2, 0.25) is 0 Å². The van der Waals surface area contributed by atoms with Crippen molar-refractivity contribution in [1.29, 1.82) is 0 Å². The van der Waals surface area contributed by atoms with E-state index in [4.69, 9.17) is 9.15 Å². The fraction of sp³-hybridized carbons (Fsp3) is 0.238. The first-order chi connectivity index (χ1) is 13.5. The summed E-state index contributed by atoms with van der Waals surface area (Å²) in [5.41, 5.74) is 2.35. The lowest BCUT2D eigenvalue weighted by Crippen LogP contribution is -2.30. The van der Waals surface area contributed by atoms with Crippen molar-refractivity contribution in [3.8, 4) is 5.75 Å². The molecular formula is C21H21NO5S. The van der Waals surface area contributed by atoms with E-state index in [-0.39, 0.29) is 24.7 Å². The Hall–Kier alpha value is -2.93. The van der Waals surface area contributed by atoms with Gasteiger partial charge in [-0.2, -0.15) is 0 Å². The summed E-state index contributed by atoms with van der Waals surface area (Å²) >= 11 is 1.65. The molecule has 0 aliphatic carbocycles. The molecule has 28 heavy (non-hydrogen) atoms. The van der Waals surface area contributed by atoms with Crippen molar-refractivity contribution in [2.75, 3.05) is 18.9 Å². The first-order valence-electron chi connectivity index (χ1n) is 8.82. The Morgan fingerprint density at radius 1 is 1.18 bits per heavy atom. The molecule has 1 heterocycles. The third kappa shape index (κ3) is 5.53. The number of hydrogen-bond acceptors (Lipinski definition) is 6. The molecule has 0 bridgehead atoms. The van der Waals surface area contributed by atoms with E-state index in [1.54, 1.807) is 17.8 Å². The number of thioether (sulfide) groups is 1. The van der Waals surface area contributed by atoms with Crippen molar-refractivity contribution < 1.29 is 23.8 Å². The van der Waals surface area contributed by atoms with Crippen LogP contribution in [-0.2, 0) is 20.7 Å². The van der Waals surface area contributed by atoms with Crippen LogP contribution in [0.5, 0.6) is 5.75 Å². The third-order valence-electron chi connectivity index (χ3n) is 4.05. The zero-order valence-corrected chi connectivity index (χ0v) is 16.3. The molecule has 7 heteroatoms. The molecule has 6 nitrogen and oxygen atoms in total. The van der Waals surface area contributed by atoms with Crippen molar-refractivity contribution >= 4 is 34.6 Å². The average Bonchev–Trinajstić information content (AvgIpc) is 3.06. The van der Waals surface area contributed by atoms with Crippen LogP contribution in [0.25, 0.3) is 11.0 Å². The first-order valence-corrected chi connectivity index (χ1v) is 9.81. The molecule has 0 unspecified atom stereocenters. The summed E-state index contributed by atoms with van der Waals surface area (Å²) in [7, 11) is 0. The molecule has 0 aliphatic heterocycles. The summed E-state index contributed by atoms with van der Waals surface area (Å²) in [6.45, 7) is 2.21. The van der Waals surface area contributed by atoms with Crippen LogP contribution in [0.3, 0.4) is 0 Å². The number of furan rings is 1. The highest BCUT2D eigenvalue weighted by atomic mass is 32.2. The number of benzene rings is 2. The number of hydrogen-bond donors (Lipinski definition) is 2. The highest BCUT2D eigenvalue weighted by molar-refractivity contribution is 7.99. The maximum Gasteiger partial charge on any atom is 0.310 e. The number of fused-ring (bicyclic) bond motifs is 1. The van der Waals surface area contributed by atoms with Crippen molar-refractivity contribution in [2.24, 2.45) is 0 Å². The number of aryl methyl sites for hydroxylation is 1. The van der Waals surface area contributed by atoms with Gasteiger partial charge < -0.3 is 19.6 Å². The van der Waals surface area contributed by atoms with Crippen LogP contribution >= 0.6 is 11.8 Å². The van der Waals surface area contributed by atoms with E-state index in [2.05, 4.69) is 5.32 Å². The Labute approximate surface area is 166 Å². The van der Waals surface area contributed by atoms with E-state index in [0.717, 1.165) is 16.0 Å². The third-order valence-corrected chi connectivity index (χ3v) is 5.07. The molecule has 3 aromatic rings. The van der Waals surface area contributed by atoms with Crippen LogP contribution in [0.1, 0.15) is 11.1 Å². The number of amides is 1. The number of phenols is 1. The molecule has 0 atom stereocenters. The smallest absolute Gasteiger partial charge is 0.310 e. The molecular weight excluding hydrogens is 378 g/mol. The highest BCUT2D eigenvalue weighted by Crippen LogP contribution is 2.25. The van der Waals surface area contributed by atoms with Gasteiger partial charge in [0.25, 0.3) is 5.91 Å². The zero-order chi connectivity index (χ0) is 19.9. The summed E-state index contributed by atoms with van der Waals surface area (Å²) in [6.07, 6.45) is 1.45. The van der Waals surface area contributed by atoms with Crippen LogP contribution in [0.15, 0.2) is 58.0 Å². The van der Waals surface area contributed by atoms with Crippen molar-refractivity contribution in [2.45, 2.75) is 18.2 Å². The second-order valence-electron chi connectivity index (χ2n) is 6.29. The van der Waals surface area contributed by atoms with E-state index < -0.39 is 5.97 Å².